The van der Waals surface area contributed by atoms with Crippen LogP contribution in [0.3, 0.4) is 0 Å². The third kappa shape index (κ3) is 2.43. The molecule has 0 aliphatic heterocycles. The highest BCUT2D eigenvalue weighted by Gasteiger charge is 2.20. The molecule has 20 heavy (non-hydrogen) atoms. The minimum atomic E-state index is -0.544. The van der Waals surface area contributed by atoms with Crippen LogP contribution in [0.15, 0.2) is 24.3 Å². The zero-order valence-corrected chi connectivity index (χ0v) is 11.8. The van der Waals surface area contributed by atoms with Crippen LogP contribution < -0.4 is 5.73 Å². The number of rotatable bonds is 3. The van der Waals surface area contributed by atoms with Crippen molar-refractivity contribution in [3.8, 4) is 0 Å². The van der Waals surface area contributed by atoms with Crippen LogP contribution in [-0.2, 0) is 19.4 Å². The summed E-state index contributed by atoms with van der Waals surface area (Å²) in [6.07, 6.45) is 4.03. The Balaban J connectivity index is 1.86. The number of aromatic nitrogens is 2. The van der Waals surface area contributed by atoms with E-state index in [1.54, 1.807) is 0 Å². The minimum absolute atomic E-state index is 0.544. The summed E-state index contributed by atoms with van der Waals surface area (Å²) in [6, 6.07) is 7.47. The first-order valence-corrected chi connectivity index (χ1v) is 7.23. The van der Waals surface area contributed by atoms with Crippen LogP contribution in [-0.4, -0.2) is 14.7 Å². The van der Waals surface area contributed by atoms with Crippen molar-refractivity contribution in [2.75, 3.05) is 5.73 Å². The Hall–Kier alpha value is -1.81. The fourth-order valence-corrected chi connectivity index (χ4v) is 3.02. The first-order chi connectivity index (χ1) is 9.65. The van der Waals surface area contributed by atoms with Gasteiger partial charge in [0.25, 0.3) is 0 Å². The van der Waals surface area contributed by atoms with Gasteiger partial charge in [0, 0.05) is 11.4 Å². The van der Waals surface area contributed by atoms with Gasteiger partial charge in [0.05, 0.1) is 18.3 Å². The molecule has 1 unspecified atom stereocenters. The highest BCUT2D eigenvalue weighted by atomic mass is 16.3. The lowest BCUT2D eigenvalue weighted by Gasteiger charge is -2.18. The third-order valence-corrected chi connectivity index (χ3v) is 4.07. The van der Waals surface area contributed by atoms with Gasteiger partial charge in [-0.05, 0) is 50.3 Å². The Labute approximate surface area is 119 Å². The number of nitrogens with two attached hydrogens (primary N) is 1. The lowest BCUT2D eigenvalue weighted by Crippen LogP contribution is -2.14. The fraction of sp³-hybridized carbons (Fsp3) is 0.438. The molecule has 0 radical (unpaired) electrons. The molecule has 2 aromatic rings. The quantitative estimate of drug-likeness (QED) is 0.842. The van der Waals surface area contributed by atoms with Crippen LogP contribution in [0.5, 0.6) is 0 Å². The maximum Gasteiger partial charge on any atom is 0.106 e. The van der Waals surface area contributed by atoms with Gasteiger partial charge in [-0.3, -0.25) is 0 Å². The number of imidazole rings is 1. The van der Waals surface area contributed by atoms with Crippen LogP contribution in [0, 0.1) is 6.92 Å². The molecule has 4 nitrogen and oxygen atoms in total. The maximum absolute atomic E-state index is 10.4. The number of fused-ring (bicyclic) bond motifs is 1. The van der Waals surface area contributed by atoms with Gasteiger partial charge in [0.1, 0.15) is 5.82 Å². The van der Waals surface area contributed by atoms with Crippen molar-refractivity contribution in [2.45, 2.75) is 45.3 Å². The van der Waals surface area contributed by atoms with Crippen molar-refractivity contribution >= 4 is 5.69 Å². The molecule has 1 aromatic heterocycles. The lowest BCUT2D eigenvalue weighted by atomic mass is 10.0. The van der Waals surface area contributed by atoms with Crippen LogP contribution in [0.25, 0.3) is 0 Å². The van der Waals surface area contributed by atoms with Gasteiger partial charge < -0.3 is 15.4 Å². The summed E-state index contributed by atoms with van der Waals surface area (Å²) in [5.74, 6) is 1.000. The molecule has 4 heteroatoms. The Morgan fingerprint density at radius 2 is 2.15 bits per heavy atom. The van der Waals surface area contributed by atoms with Gasteiger partial charge in [-0.25, -0.2) is 4.98 Å². The average molecular weight is 271 g/mol. The fourth-order valence-electron chi connectivity index (χ4n) is 3.02. The summed E-state index contributed by atoms with van der Waals surface area (Å²) in [5, 5.41) is 10.4. The summed E-state index contributed by atoms with van der Waals surface area (Å²) < 4.78 is 2.17. The zero-order valence-electron chi connectivity index (χ0n) is 11.8. The van der Waals surface area contributed by atoms with E-state index in [0.29, 0.717) is 12.2 Å². The van der Waals surface area contributed by atoms with E-state index in [-0.39, 0.29) is 0 Å². The second-order valence-electron chi connectivity index (χ2n) is 5.56. The summed E-state index contributed by atoms with van der Waals surface area (Å²) in [7, 11) is 0. The van der Waals surface area contributed by atoms with Crippen molar-refractivity contribution in [1.29, 1.82) is 0 Å². The van der Waals surface area contributed by atoms with E-state index in [9.17, 15) is 5.11 Å². The molecule has 0 bridgehead atoms. The van der Waals surface area contributed by atoms with Crippen LogP contribution >= 0.6 is 0 Å². The summed E-state index contributed by atoms with van der Waals surface area (Å²) in [4.78, 5) is 4.64. The lowest BCUT2D eigenvalue weighted by molar-refractivity contribution is 0.154. The van der Waals surface area contributed by atoms with Gasteiger partial charge in [0.15, 0.2) is 0 Å². The Morgan fingerprint density at radius 3 is 2.95 bits per heavy atom. The highest BCUT2D eigenvalue weighted by molar-refractivity contribution is 5.41. The molecular weight excluding hydrogens is 250 g/mol. The molecule has 1 aliphatic carbocycles. The SMILES string of the molecule is Cc1nc2c(n1CC(O)c1cccc(N)c1)CCCC2. The number of nitrogens with zero attached hydrogens (tertiary/aromatic N) is 2. The van der Waals surface area contributed by atoms with Crippen molar-refractivity contribution in [3.05, 3.63) is 47.0 Å². The molecule has 0 saturated heterocycles. The molecule has 1 aromatic carbocycles. The molecular formula is C16H21N3O. The molecule has 0 fully saturated rings. The second kappa shape index (κ2) is 5.29. The number of benzene rings is 1. The number of aliphatic hydroxyl groups excluding tert-OH is 1. The zero-order chi connectivity index (χ0) is 14.1. The highest BCUT2D eigenvalue weighted by Crippen LogP contribution is 2.25. The van der Waals surface area contributed by atoms with Gasteiger partial charge in [-0.1, -0.05) is 12.1 Å². The van der Waals surface area contributed by atoms with Gasteiger partial charge in [-0.2, -0.15) is 0 Å². The third-order valence-electron chi connectivity index (χ3n) is 4.07. The Morgan fingerprint density at radius 1 is 1.35 bits per heavy atom. The molecule has 0 saturated carbocycles. The van der Waals surface area contributed by atoms with E-state index < -0.39 is 6.10 Å². The van der Waals surface area contributed by atoms with Crippen LogP contribution in [0.4, 0.5) is 5.69 Å². The Bertz CT molecular complexity index is 618. The number of hydrogen-bond donors (Lipinski definition) is 2. The first-order valence-electron chi connectivity index (χ1n) is 7.23. The van der Waals surface area contributed by atoms with Crippen LogP contribution in [0.1, 0.15) is 41.7 Å². The molecule has 0 amide bonds. The van der Waals surface area contributed by atoms with Gasteiger partial charge in [-0.15, -0.1) is 0 Å². The largest absolute Gasteiger partial charge is 0.399 e. The summed E-state index contributed by atoms with van der Waals surface area (Å²) in [5.41, 5.74) is 9.85. The van der Waals surface area contributed by atoms with E-state index in [2.05, 4.69) is 9.55 Å². The molecule has 3 rings (SSSR count). The second-order valence-corrected chi connectivity index (χ2v) is 5.56. The predicted molar refractivity (Wildman–Crippen MR) is 79.4 cm³/mol. The van der Waals surface area contributed by atoms with Crippen molar-refractivity contribution in [1.82, 2.24) is 9.55 Å². The average Bonchev–Trinajstić information content (AvgIpc) is 2.75. The van der Waals surface area contributed by atoms with Gasteiger partial charge >= 0.3 is 0 Å². The van der Waals surface area contributed by atoms with Crippen molar-refractivity contribution in [3.63, 3.8) is 0 Å². The maximum atomic E-state index is 10.4. The molecule has 0 spiro atoms. The molecule has 1 atom stereocenters. The monoisotopic (exact) mass is 271 g/mol. The predicted octanol–water partition coefficient (Wildman–Crippen LogP) is 2.39. The molecule has 1 aliphatic rings. The first kappa shape index (κ1) is 13.2. The molecule has 1 heterocycles. The standard InChI is InChI=1S/C16H21N3O/c1-11-18-14-7-2-3-8-15(14)19(11)10-16(20)12-5-4-6-13(17)9-12/h4-6,9,16,20H,2-3,7-8,10,17H2,1H3. The van der Waals surface area contributed by atoms with E-state index in [4.69, 9.17) is 5.73 Å². The molecule has 106 valence electrons. The van der Waals surface area contributed by atoms with Crippen LogP contribution in [0.2, 0.25) is 0 Å². The smallest absolute Gasteiger partial charge is 0.106 e. The molecule has 3 N–H and O–H groups in total. The van der Waals surface area contributed by atoms with E-state index in [1.165, 1.54) is 24.2 Å². The van der Waals surface area contributed by atoms with E-state index >= 15 is 0 Å². The van der Waals surface area contributed by atoms with Crippen molar-refractivity contribution < 1.29 is 5.11 Å². The topological polar surface area (TPSA) is 64.1 Å². The number of aliphatic hydroxyl groups is 1. The number of anilines is 1. The minimum Gasteiger partial charge on any atom is -0.399 e. The summed E-state index contributed by atoms with van der Waals surface area (Å²) >= 11 is 0. The van der Waals surface area contributed by atoms with Gasteiger partial charge in [0.2, 0.25) is 0 Å². The normalized spacial score (nSPS) is 15.9. The number of hydrogen-bond acceptors (Lipinski definition) is 3. The van der Waals surface area contributed by atoms with E-state index in [1.807, 2.05) is 31.2 Å². The Kier molecular flexibility index (Phi) is 3.49. The number of nitrogen functional groups attached to an aromatic ring is 1. The van der Waals surface area contributed by atoms with Crippen molar-refractivity contribution in [2.24, 2.45) is 0 Å². The summed E-state index contributed by atoms with van der Waals surface area (Å²) in [6.45, 7) is 2.57. The number of aryl methyl sites for hydroxylation is 2. The van der Waals surface area contributed by atoms with E-state index in [0.717, 1.165) is 24.2 Å².